The number of anilines is 1. The second-order valence-electron chi connectivity index (χ2n) is 5.49. The summed E-state index contributed by atoms with van der Waals surface area (Å²) >= 11 is 1.41. The van der Waals surface area contributed by atoms with E-state index in [4.69, 9.17) is 0 Å². The summed E-state index contributed by atoms with van der Waals surface area (Å²) in [6, 6.07) is 4.03. The van der Waals surface area contributed by atoms with Crippen LogP contribution >= 0.6 is 11.3 Å². The van der Waals surface area contributed by atoms with Crippen molar-refractivity contribution in [1.82, 2.24) is 15.2 Å². The molecule has 0 aliphatic carbocycles. The van der Waals surface area contributed by atoms with E-state index >= 15 is 0 Å². The Balaban J connectivity index is 2.02. The minimum Gasteiger partial charge on any atom is -0.298 e. The molecule has 0 saturated heterocycles. The molecule has 0 radical (unpaired) electrons. The molecule has 1 amide bonds. The van der Waals surface area contributed by atoms with Gasteiger partial charge in [0.1, 0.15) is 5.56 Å². The van der Waals surface area contributed by atoms with Crippen LogP contribution in [0.3, 0.4) is 0 Å². The van der Waals surface area contributed by atoms with Crippen molar-refractivity contribution in [3.8, 4) is 0 Å². The molecule has 2 N–H and O–H groups in total. The number of nitrogens with one attached hydrogen (secondary N) is 2. The molecule has 0 bridgehead atoms. The minimum atomic E-state index is -0.501. The third-order valence-electron chi connectivity index (χ3n) is 3.86. The Morgan fingerprint density at radius 1 is 1.17 bits per heavy atom. The van der Waals surface area contributed by atoms with E-state index in [1.807, 2.05) is 26.0 Å². The molecule has 7 heteroatoms. The molecular formula is C16H16N4O2S. The SMILES string of the molecule is Cc1n[nH]c(=O)c(C(=O)Nc2nc3c(C)ccc(C)c3s2)c1C. The third-order valence-corrected chi connectivity index (χ3v) is 4.97. The lowest BCUT2D eigenvalue weighted by Gasteiger charge is -2.05. The van der Waals surface area contributed by atoms with Crippen LogP contribution in [-0.4, -0.2) is 21.1 Å². The molecular weight excluding hydrogens is 312 g/mol. The predicted octanol–water partition coefficient (Wildman–Crippen LogP) is 2.87. The molecule has 0 unspecified atom stereocenters. The molecule has 0 fully saturated rings. The molecule has 3 aromatic rings. The summed E-state index contributed by atoms with van der Waals surface area (Å²) in [6.45, 7) is 7.44. The van der Waals surface area contributed by atoms with Gasteiger partial charge in [0, 0.05) is 0 Å². The van der Waals surface area contributed by atoms with Crippen LogP contribution in [0.1, 0.15) is 32.7 Å². The Morgan fingerprint density at radius 2 is 1.87 bits per heavy atom. The molecule has 0 aliphatic heterocycles. The number of amides is 1. The van der Waals surface area contributed by atoms with Crippen molar-refractivity contribution in [2.45, 2.75) is 27.7 Å². The number of fused-ring (bicyclic) bond motifs is 1. The number of aryl methyl sites for hydroxylation is 3. The summed E-state index contributed by atoms with van der Waals surface area (Å²) < 4.78 is 1.04. The van der Waals surface area contributed by atoms with E-state index in [2.05, 4.69) is 20.5 Å². The van der Waals surface area contributed by atoms with Gasteiger partial charge in [0.2, 0.25) is 0 Å². The molecule has 3 rings (SSSR count). The molecule has 0 atom stereocenters. The zero-order valence-electron chi connectivity index (χ0n) is 13.3. The first-order valence-electron chi connectivity index (χ1n) is 7.12. The number of nitrogens with zero attached hydrogens (tertiary/aromatic N) is 2. The fourth-order valence-corrected chi connectivity index (χ4v) is 3.38. The summed E-state index contributed by atoms with van der Waals surface area (Å²) in [6.07, 6.45) is 0. The van der Waals surface area contributed by atoms with Gasteiger partial charge in [0.15, 0.2) is 5.13 Å². The van der Waals surface area contributed by atoms with E-state index < -0.39 is 11.5 Å². The molecule has 23 heavy (non-hydrogen) atoms. The van der Waals surface area contributed by atoms with E-state index in [0.29, 0.717) is 16.4 Å². The Hall–Kier alpha value is -2.54. The Labute approximate surface area is 136 Å². The predicted molar refractivity (Wildman–Crippen MR) is 91.4 cm³/mol. The lowest BCUT2D eigenvalue weighted by atomic mass is 10.1. The summed E-state index contributed by atoms with van der Waals surface area (Å²) in [4.78, 5) is 28.8. The number of carbonyl (C=O) groups is 1. The van der Waals surface area contributed by atoms with E-state index in [1.54, 1.807) is 13.8 Å². The van der Waals surface area contributed by atoms with Gasteiger partial charge in [-0.05, 0) is 44.4 Å². The van der Waals surface area contributed by atoms with Crippen molar-refractivity contribution in [3.05, 3.63) is 50.4 Å². The molecule has 118 valence electrons. The van der Waals surface area contributed by atoms with Crippen molar-refractivity contribution in [2.24, 2.45) is 0 Å². The zero-order valence-corrected chi connectivity index (χ0v) is 14.1. The quantitative estimate of drug-likeness (QED) is 0.757. The number of carbonyl (C=O) groups excluding carboxylic acids is 1. The second-order valence-corrected chi connectivity index (χ2v) is 6.49. The van der Waals surface area contributed by atoms with E-state index in [9.17, 15) is 9.59 Å². The normalized spacial score (nSPS) is 11.0. The Kier molecular flexibility index (Phi) is 3.73. The standard InChI is InChI=1S/C16H16N4O2S/c1-7-5-6-8(2)13-12(7)17-16(23-13)18-14(21)11-9(3)10(4)19-20-15(11)22/h5-6H,1-4H3,(H,20,22)(H,17,18,21). The average molecular weight is 328 g/mol. The number of hydrogen-bond acceptors (Lipinski definition) is 5. The number of thiazole rings is 1. The fourth-order valence-electron chi connectivity index (χ4n) is 2.37. The van der Waals surface area contributed by atoms with Gasteiger partial charge < -0.3 is 0 Å². The van der Waals surface area contributed by atoms with Crippen LogP contribution in [0.25, 0.3) is 10.2 Å². The maximum absolute atomic E-state index is 12.5. The van der Waals surface area contributed by atoms with Gasteiger partial charge in [0.05, 0.1) is 15.9 Å². The second kappa shape index (κ2) is 5.58. The first-order chi connectivity index (χ1) is 10.9. The highest BCUT2D eigenvalue weighted by Crippen LogP contribution is 2.31. The highest BCUT2D eigenvalue weighted by atomic mass is 32.1. The topological polar surface area (TPSA) is 87.7 Å². The lowest BCUT2D eigenvalue weighted by molar-refractivity contribution is 0.102. The van der Waals surface area contributed by atoms with E-state index in [-0.39, 0.29) is 5.56 Å². The van der Waals surface area contributed by atoms with Gasteiger partial charge in [-0.2, -0.15) is 5.10 Å². The van der Waals surface area contributed by atoms with Gasteiger partial charge in [0.25, 0.3) is 11.5 Å². The largest absolute Gasteiger partial charge is 0.298 e. The maximum Gasteiger partial charge on any atom is 0.277 e. The van der Waals surface area contributed by atoms with Crippen molar-refractivity contribution < 1.29 is 4.79 Å². The molecule has 1 aromatic carbocycles. The number of aromatic amines is 1. The fraction of sp³-hybridized carbons (Fsp3) is 0.250. The van der Waals surface area contributed by atoms with Crippen LogP contribution in [0.5, 0.6) is 0 Å². The van der Waals surface area contributed by atoms with Gasteiger partial charge in [-0.25, -0.2) is 10.1 Å². The van der Waals surface area contributed by atoms with Crippen molar-refractivity contribution in [2.75, 3.05) is 5.32 Å². The van der Waals surface area contributed by atoms with Gasteiger partial charge in [-0.1, -0.05) is 23.5 Å². The Morgan fingerprint density at radius 3 is 2.57 bits per heavy atom. The van der Waals surface area contributed by atoms with Crippen molar-refractivity contribution in [3.63, 3.8) is 0 Å². The van der Waals surface area contributed by atoms with E-state index in [1.165, 1.54) is 11.3 Å². The molecule has 2 heterocycles. The zero-order chi connectivity index (χ0) is 16.7. The highest BCUT2D eigenvalue weighted by molar-refractivity contribution is 7.22. The molecule has 2 aromatic heterocycles. The summed E-state index contributed by atoms with van der Waals surface area (Å²) in [7, 11) is 0. The number of aromatic nitrogens is 3. The molecule has 0 spiro atoms. The monoisotopic (exact) mass is 328 g/mol. The summed E-state index contributed by atoms with van der Waals surface area (Å²) in [5.74, 6) is -0.469. The third kappa shape index (κ3) is 2.63. The van der Waals surface area contributed by atoms with Crippen LogP contribution in [0.2, 0.25) is 0 Å². The summed E-state index contributed by atoms with van der Waals surface area (Å²) in [5, 5.41) is 9.41. The van der Waals surface area contributed by atoms with Crippen molar-refractivity contribution in [1.29, 1.82) is 0 Å². The highest BCUT2D eigenvalue weighted by Gasteiger charge is 2.18. The van der Waals surface area contributed by atoms with Crippen LogP contribution in [0, 0.1) is 27.7 Å². The molecule has 0 saturated carbocycles. The summed E-state index contributed by atoms with van der Waals surface area (Å²) in [5.41, 5.74) is 3.80. The average Bonchev–Trinajstić information content (AvgIpc) is 2.92. The van der Waals surface area contributed by atoms with Crippen LogP contribution in [0.4, 0.5) is 5.13 Å². The smallest absolute Gasteiger partial charge is 0.277 e. The number of benzene rings is 1. The molecule has 6 nitrogen and oxygen atoms in total. The van der Waals surface area contributed by atoms with Crippen LogP contribution < -0.4 is 10.9 Å². The number of H-pyrrole nitrogens is 1. The minimum absolute atomic E-state index is 0.0743. The maximum atomic E-state index is 12.5. The lowest BCUT2D eigenvalue weighted by Crippen LogP contribution is -2.26. The van der Waals surface area contributed by atoms with Crippen molar-refractivity contribution >= 4 is 32.6 Å². The van der Waals surface area contributed by atoms with Crippen LogP contribution in [-0.2, 0) is 0 Å². The van der Waals surface area contributed by atoms with Gasteiger partial charge in [-0.3, -0.25) is 14.9 Å². The van der Waals surface area contributed by atoms with Gasteiger partial charge >= 0.3 is 0 Å². The first kappa shape index (κ1) is 15.4. The number of rotatable bonds is 2. The van der Waals surface area contributed by atoms with E-state index in [0.717, 1.165) is 21.3 Å². The van der Waals surface area contributed by atoms with Crippen LogP contribution in [0.15, 0.2) is 16.9 Å². The number of hydrogen-bond donors (Lipinski definition) is 2. The Bertz CT molecular complexity index is 949. The molecule has 0 aliphatic rings. The van der Waals surface area contributed by atoms with Gasteiger partial charge in [-0.15, -0.1) is 0 Å². The first-order valence-corrected chi connectivity index (χ1v) is 7.94.